The van der Waals surface area contributed by atoms with Crippen LogP contribution in [0.3, 0.4) is 0 Å². The quantitative estimate of drug-likeness (QED) is 0.324. The van der Waals surface area contributed by atoms with Crippen LogP contribution in [0.2, 0.25) is 0 Å². The van der Waals surface area contributed by atoms with E-state index in [0.717, 1.165) is 0 Å². The van der Waals surface area contributed by atoms with Crippen LogP contribution in [0.1, 0.15) is 6.42 Å². The van der Waals surface area contributed by atoms with Gasteiger partial charge in [0.1, 0.15) is 0 Å². The van der Waals surface area contributed by atoms with E-state index in [0.29, 0.717) is 0 Å². The molecule has 0 aliphatic rings. The van der Waals surface area contributed by atoms with E-state index in [-0.39, 0.29) is 12.9 Å². The van der Waals surface area contributed by atoms with Gasteiger partial charge in [0.25, 0.3) is 25.0 Å². The minimum absolute atomic E-state index is 0.251. The number of hydrogen-bond donors (Lipinski definition) is 2. The molecule has 0 aliphatic carbocycles. The highest BCUT2D eigenvalue weighted by molar-refractivity contribution is 5.65. The zero-order chi connectivity index (χ0) is 11.2. The maximum Gasteiger partial charge on any atom is 0.295 e. The lowest BCUT2D eigenvalue weighted by molar-refractivity contribution is -0.334. The lowest BCUT2D eigenvalue weighted by Crippen LogP contribution is -2.50. The second kappa shape index (κ2) is 5.14. The van der Waals surface area contributed by atoms with Gasteiger partial charge in [0.2, 0.25) is 0 Å². The number of rotatable bonds is 7. The first-order valence-corrected chi connectivity index (χ1v) is 3.27. The molecule has 2 atom stereocenters. The number of aliphatic carboxylic acids is 1. The first kappa shape index (κ1) is 12.3. The third-order valence-electron chi connectivity index (χ3n) is 1.22. The molecule has 0 aromatic carbocycles. The Bertz CT molecular complexity index is 226. The van der Waals surface area contributed by atoms with Gasteiger partial charge in [0.15, 0.2) is 0 Å². The van der Waals surface area contributed by atoms with Gasteiger partial charge in [0, 0.05) is 5.97 Å². The summed E-state index contributed by atoms with van der Waals surface area (Å²) >= 11 is 0. The monoisotopic (exact) mass is 207 g/mol. The summed E-state index contributed by atoms with van der Waals surface area (Å²) in [4.78, 5) is 29.7. The Labute approximate surface area is 77.7 Å². The third-order valence-corrected chi connectivity index (χ3v) is 1.22. The highest BCUT2D eigenvalue weighted by Crippen LogP contribution is 2.16. The summed E-state index contributed by atoms with van der Waals surface area (Å²) in [5.41, 5.74) is 0. The fourth-order valence-corrected chi connectivity index (χ4v) is 0.636. The van der Waals surface area contributed by atoms with Crippen LogP contribution in [-0.4, -0.2) is 41.2 Å². The molecule has 0 saturated heterocycles. The summed E-state index contributed by atoms with van der Waals surface area (Å²) in [6.07, 6.45) is -3.54. The Balaban J connectivity index is 4.58. The molecule has 0 radical (unpaired) electrons. The predicted molar refractivity (Wildman–Crippen MR) is 34.9 cm³/mol. The van der Waals surface area contributed by atoms with E-state index in [9.17, 15) is 24.6 Å². The van der Waals surface area contributed by atoms with Gasteiger partial charge in [0.05, 0.1) is 6.42 Å². The number of hydrogen-bond acceptors (Lipinski definition) is 8. The molecule has 0 aromatic heterocycles. The molecule has 0 bridgehead atoms. The molecule has 2 N–H and O–H groups in total. The zero-order valence-electron chi connectivity index (χ0n) is 6.78. The van der Waals surface area contributed by atoms with E-state index in [1.54, 1.807) is 0 Å². The van der Waals surface area contributed by atoms with Crippen molar-refractivity contribution in [3.8, 4) is 0 Å². The summed E-state index contributed by atoms with van der Waals surface area (Å²) < 4.78 is 7.69. The molecular weight excluding hydrogens is 200 g/mol. The molecule has 80 valence electrons. The average Bonchev–Trinajstić information content (AvgIpc) is 2.03. The van der Waals surface area contributed by atoms with Crippen LogP contribution in [0.15, 0.2) is 0 Å². The number of carboxylic acids is 1. The van der Waals surface area contributed by atoms with Gasteiger partial charge in [-0.25, -0.2) is 0 Å². The van der Waals surface area contributed by atoms with Crippen molar-refractivity contribution in [3.05, 3.63) is 0 Å². The number of aliphatic hydroxyl groups excluding tert-OH is 1. The van der Waals surface area contributed by atoms with Crippen LogP contribution in [0.5, 0.6) is 0 Å². The predicted octanol–water partition coefficient (Wildman–Crippen LogP) is -3.52. The van der Waals surface area contributed by atoms with E-state index in [2.05, 4.69) is 9.47 Å². The fraction of sp³-hybridized carbons (Fsp3) is 0.500. The third kappa shape index (κ3) is 3.37. The van der Waals surface area contributed by atoms with E-state index >= 15 is 0 Å². The van der Waals surface area contributed by atoms with E-state index in [1.807, 2.05) is 0 Å². The van der Waals surface area contributed by atoms with E-state index in [1.165, 1.54) is 0 Å². The van der Waals surface area contributed by atoms with Crippen molar-refractivity contribution in [1.82, 2.24) is 0 Å². The Morgan fingerprint density at radius 2 is 2.07 bits per heavy atom. The van der Waals surface area contributed by atoms with Gasteiger partial charge in [-0.05, 0) is 0 Å². The van der Waals surface area contributed by atoms with Crippen molar-refractivity contribution in [1.29, 1.82) is 0 Å². The minimum Gasteiger partial charge on any atom is -0.550 e. The number of aliphatic hydroxyl groups is 2. The zero-order valence-corrected chi connectivity index (χ0v) is 6.78. The van der Waals surface area contributed by atoms with Crippen molar-refractivity contribution in [2.24, 2.45) is 0 Å². The van der Waals surface area contributed by atoms with Gasteiger partial charge in [-0.1, -0.05) is 0 Å². The minimum atomic E-state index is -2.85. The van der Waals surface area contributed by atoms with Gasteiger partial charge in [-0.3, -0.25) is 9.59 Å². The second-order valence-corrected chi connectivity index (χ2v) is 2.19. The molecule has 0 aromatic rings. The molecule has 0 fully saturated rings. The van der Waals surface area contributed by atoms with Gasteiger partial charge in [-0.2, -0.15) is 0 Å². The smallest absolute Gasteiger partial charge is 0.295 e. The normalized spacial score (nSPS) is 16.1. The molecule has 0 spiro atoms. The lowest BCUT2D eigenvalue weighted by Gasteiger charge is -2.29. The molecular formula is C6H7O8-. The van der Waals surface area contributed by atoms with Crippen LogP contribution in [0.25, 0.3) is 0 Å². The molecule has 0 rings (SSSR count). The number of carbonyl (C=O) groups excluding carboxylic acids is 3. The van der Waals surface area contributed by atoms with Crippen molar-refractivity contribution >= 4 is 18.9 Å². The molecule has 14 heavy (non-hydrogen) atoms. The SMILES string of the molecule is O=COC(O)C(O)(CC(=O)[O-])OC=O. The van der Waals surface area contributed by atoms with Crippen LogP contribution in [0, 0.1) is 0 Å². The molecule has 0 heterocycles. The molecule has 0 saturated carbocycles. The lowest BCUT2D eigenvalue weighted by atomic mass is 10.2. The molecule has 2 unspecified atom stereocenters. The summed E-state index contributed by atoms with van der Waals surface area (Å²) in [6.45, 7) is -0.556. The van der Waals surface area contributed by atoms with Crippen LogP contribution < -0.4 is 5.11 Å². The maximum atomic E-state index is 10.1. The van der Waals surface area contributed by atoms with Crippen molar-refractivity contribution in [3.63, 3.8) is 0 Å². The second-order valence-electron chi connectivity index (χ2n) is 2.19. The average molecular weight is 207 g/mol. The molecule has 0 aliphatic heterocycles. The Hall–Kier alpha value is -1.67. The largest absolute Gasteiger partial charge is 0.550 e. The van der Waals surface area contributed by atoms with Crippen LogP contribution in [-0.2, 0) is 23.9 Å². The highest BCUT2D eigenvalue weighted by atomic mass is 16.7. The van der Waals surface area contributed by atoms with Gasteiger partial charge < -0.3 is 29.6 Å². The Kier molecular flexibility index (Phi) is 4.53. The van der Waals surface area contributed by atoms with E-state index in [4.69, 9.17) is 5.11 Å². The maximum absolute atomic E-state index is 10.1. The fourth-order valence-electron chi connectivity index (χ4n) is 0.636. The van der Waals surface area contributed by atoms with Crippen molar-refractivity contribution < 1.29 is 39.2 Å². The van der Waals surface area contributed by atoms with E-state index < -0.39 is 24.5 Å². The van der Waals surface area contributed by atoms with Crippen molar-refractivity contribution in [2.75, 3.05) is 0 Å². The number of carbonyl (C=O) groups is 3. The topological polar surface area (TPSA) is 133 Å². The highest BCUT2D eigenvalue weighted by Gasteiger charge is 2.40. The summed E-state index contributed by atoms with van der Waals surface area (Å²) in [6, 6.07) is 0. The Morgan fingerprint density at radius 3 is 2.43 bits per heavy atom. The van der Waals surface area contributed by atoms with Crippen molar-refractivity contribution in [2.45, 2.75) is 18.5 Å². The Morgan fingerprint density at radius 1 is 1.50 bits per heavy atom. The molecule has 8 heteroatoms. The first-order valence-electron chi connectivity index (χ1n) is 3.27. The van der Waals surface area contributed by atoms with Crippen LogP contribution >= 0.6 is 0 Å². The summed E-state index contributed by atoms with van der Waals surface area (Å²) in [5, 5.41) is 28.1. The molecule has 8 nitrogen and oxygen atoms in total. The van der Waals surface area contributed by atoms with Crippen LogP contribution in [0.4, 0.5) is 0 Å². The molecule has 0 amide bonds. The summed E-state index contributed by atoms with van der Waals surface area (Å²) in [7, 11) is 0. The summed E-state index contributed by atoms with van der Waals surface area (Å²) in [5.74, 6) is -4.65. The van der Waals surface area contributed by atoms with Gasteiger partial charge in [-0.15, -0.1) is 0 Å². The number of carboxylic acid groups (broad SMARTS) is 1. The number of ether oxygens (including phenoxy) is 2. The standard InChI is InChI=1S/C6H8O8/c7-2-13-5(11)6(12,14-3-8)1-4(9)10/h2-3,5,11-12H,1H2,(H,9,10)/p-1. The first-order chi connectivity index (χ1) is 6.46. The van der Waals surface area contributed by atoms with Gasteiger partial charge >= 0.3 is 0 Å².